The predicted octanol–water partition coefficient (Wildman–Crippen LogP) is 1.01. The van der Waals surface area contributed by atoms with E-state index in [2.05, 4.69) is 5.32 Å². The van der Waals surface area contributed by atoms with Crippen molar-refractivity contribution in [3.05, 3.63) is 35.9 Å². The second-order valence-electron chi connectivity index (χ2n) is 4.34. The molecule has 0 aliphatic rings. The van der Waals surface area contributed by atoms with Crippen molar-refractivity contribution in [3.8, 4) is 0 Å². The monoisotopic (exact) mass is 311 g/mol. The summed E-state index contributed by atoms with van der Waals surface area (Å²) < 4.78 is 0. The van der Waals surface area contributed by atoms with E-state index in [1.807, 2.05) is 30.3 Å². The Kier molecular flexibility index (Phi) is 7.31. The van der Waals surface area contributed by atoms with Crippen molar-refractivity contribution in [3.63, 3.8) is 0 Å². The van der Waals surface area contributed by atoms with Crippen molar-refractivity contribution in [1.29, 1.82) is 0 Å². The van der Waals surface area contributed by atoms with Gasteiger partial charge in [0.25, 0.3) is 0 Å². The average molecular weight is 311 g/mol. The van der Waals surface area contributed by atoms with Crippen molar-refractivity contribution in [2.24, 2.45) is 0 Å². The molecule has 0 heterocycles. The van der Waals surface area contributed by atoms with Crippen LogP contribution in [0.4, 0.5) is 0 Å². The molecule has 0 aliphatic heterocycles. The Hall–Kier alpha value is -2.02. The topological polar surface area (TPSA) is 104 Å². The van der Waals surface area contributed by atoms with E-state index < -0.39 is 30.3 Å². The first-order valence-electron chi connectivity index (χ1n) is 6.34. The molecule has 6 nitrogen and oxygen atoms in total. The fourth-order valence-corrected chi connectivity index (χ4v) is 2.40. The maximum absolute atomic E-state index is 11.6. The Morgan fingerprint density at radius 1 is 1.14 bits per heavy atom. The minimum absolute atomic E-state index is 0.107. The molecule has 0 aliphatic carbocycles. The van der Waals surface area contributed by atoms with Crippen molar-refractivity contribution < 1.29 is 24.6 Å². The lowest BCUT2D eigenvalue weighted by atomic mass is 10.2. The first-order valence-corrected chi connectivity index (χ1v) is 7.50. The summed E-state index contributed by atoms with van der Waals surface area (Å²) >= 11 is 1.38. The van der Waals surface area contributed by atoms with Crippen LogP contribution in [0.15, 0.2) is 30.3 Å². The third kappa shape index (κ3) is 7.36. The second kappa shape index (κ2) is 9.02. The number of aliphatic carboxylic acids is 2. The van der Waals surface area contributed by atoms with Crippen molar-refractivity contribution in [2.45, 2.75) is 18.9 Å². The Labute approximate surface area is 126 Å². The van der Waals surface area contributed by atoms with E-state index in [0.29, 0.717) is 0 Å². The van der Waals surface area contributed by atoms with Crippen LogP contribution >= 0.6 is 11.8 Å². The van der Waals surface area contributed by atoms with Crippen molar-refractivity contribution >= 4 is 29.6 Å². The van der Waals surface area contributed by atoms with E-state index in [1.165, 1.54) is 17.3 Å². The lowest BCUT2D eigenvalue weighted by molar-refractivity contribution is -0.147. The second-order valence-corrected chi connectivity index (χ2v) is 5.45. The number of carboxylic acids is 2. The van der Waals surface area contributed by atoms with E-state index in [0.717, 1.165) is 12.2 Å². The number of aryl methyl sites for hydroxylation is 1. The molecule has 0 aromatic heterocycles. The minimum Gasteiger partial charge on any atom is -0.481 e. The van der Waals surface area contributed by atoms with Gasteiger partial charge in [0.15, 0.2) is 0 Å². The van der Waals surface area contributed by atoms with Gasteiger partial charge in [0, 0.05) is 0 Å². The number of carboxylic acid groups (broad SMARTS) is 2. The molecule has 114 valence electrons. The summed E-state index contributed by atoms with van der Waals surface area (Å²) in [6.07, 6.45) is 0.187. The average Bonchev–Trinajstić information content (AvgIpc) is 2.43. The molecule has 0 spiro atoms. The molecule has 0 unspecified atom stereocenters. The summed E-state index contributed by atoms with van der Waals surface area (Å²) in [6.45, 7) is 0. The van der Waals surface area contributed by atoms with Crippen LogP contribution in [0.3, 0.4) is 0 Å². The number of carbonyl (C=O) groups is 3. The number of thioether (sulfide) groups is 1. The van der Waals surface area contributed by atoms with Crippen LogP contribution in [0.5, 0.6) is 0 Å². The summed E-state index contributed by atoms with van der Waals surface area (Å²) in [5, 5.41) is 19.6. The standard InChI is InChI=1S/C14H17NO5S/c16-12(15-11(14(19)20)8-13(17)18)9-21-7-6-10-4-2-1-3-5-10/h1-5,11H,6-9H2,(H,15,16)(H,17,18)(H,19,20)/t11-/m0/s1. The summed E-state index contributed by atoms with van der Waals surface area (Å²) in [6, 6.07) is 8.41. The number of hydrogen-bond acceptors (Lipinski definition) is 4. The molecule has 0 saturated heterocycles. The van der Waals surface area contributed by atoms with Crippen molar-refractivity contribution in [1.82, 2.24) is 5.32 Å². The van der Waals surface area contributed by atoms with Crippen LogP contribution < -0.4 is 5.32 Å². The maximum atomic E-state index is 11.6. The van der Waals surface area contributed by atoms with Gasteiger partial charge in [-0.25, -0.2) is 4.79 Å². The fourth-order valence-electron chi connectivity index (χ4n) is 1.61. The highest BCUT2D eigenvalue weighted by Crippen LogP contribution is 2.07. The third-order valence-electron chi connectivity index (χ3n) is 2.62. The largest absolute Gasteiger partial charge is 0.481 e. The highest BCUT2D eigenvalue weighted by Gasteiger charge is 2.22. The van der Waals surface area contributed by atoms with Crippen LogP contribution in [0.2, 0.25) is 0 Å². The lowest BCUT2D eigenvalue weighted by Crippen LogP contribution is -2.43. The van der Waals surface area contributed by atoms with Gasteiger partial charge in [0.05, 0.1) is 12.2 Å². The molecule has 1 aromatic rings. The third-order valence-corrected chi connectivity index (χ3v) is 3.58. The van der Waals surface area contributed by atoms with E-state index in [1.54, 1.807) is 0 Å². The van der Waals surface area contributed by atoms with Gasteiger partial charge in [-0.2, -0.15) is 11.8 Å². The first kappa shape index (κ1) is 17.0. The SMILES string of the molecule is O=C(O)C[C@H](NC(=O)CSCCc1ccccc1)C(=O)O. The van der Waals surface area contributed by atoms with E-state index in [-0.39, 0.29) is 5.75 Å². The highest BCUT2D eigenvalue weighted by molar-refractivity contribution is 7.99. The smallest absolute Gasteiger partial charge is 0.326 e. The van der Waals surface area contributed by atoms with Gasteiger partial charge in [-0.05, 0) is 17.7 Å². The Morgan fingerprint density at radius 2 is 1.81 bits per heavy atom. The van der Waals surface area contributed by atoms with Gasteiger partial charge >= 0.3 is 11.9 Å². The van der Waals surface area contributed by atoms with Gasteiger partial charge in [-0.1, -0.05) is 30.3 Å². The molecule has 1 atom stereocenters. The molecule has 1 rings (SSSR count). The van der Waals surface area contributed by atoms with Crippen LogP contribution in [-0.2, 0) is 20.8 Å². The molecule has 1 aromatic carbocycles. The molecule has 7 heteroatoms. The van der Waals surface area contributed by atoms with Crippen molar-refractivity contribution in [2.75, 3.05) is 11.5 Å². The van der Waals surface area contributed by atoms with Crippen LogP contribution in [0.1, 0.15) is 12.0 Å². The zero-order chi connectivity index (χ0) is 15.7. The summed E-state index contributed by atoms with van der Waals surface area (Å²) in [7, 11) is 0. The molecule has 0 fully saturated rings. The number of rotatable bonds is 9. The summed E-state index contributed by atoms with van der Waals surface area (Å²) in [4.78, 5) is 32.9. The summed E-state index contributed by atoms with van der Waals surface area (Å²) in [5.74, 6) is -2.24. The molecule has 0 radical (unpaired) electrons. The molecule has 0 saturated carbocycles. The van der Waals surface area contributed by atoms with E-state index in [4.69, 9.17) is 10.2 Å². The van der Waals surface area contributed by atoms with Gasteiger partial charge in [-0.3, -0.25) is 9.59 Å². The Bertz CT molecular complexity index is 491. The molecular weight excluding hydrogens is 294 g/mol. The quantitative estimate of drug-likeness (QED) is 0.588. The van der Waals surface area contributed by atoms with Gasteiger partial charge in [0.1, 0.15) is 6.04 Å². The fraction of sp³-hybridized carbons (Fsp3) is 0.357. The number of benzene rings is 1. The van der Waals surface area contributed by atoms with Gasteiger partial charge in [-0.15, -0.1) is 0 Å². The Morgan fingerprint density at radius 3 is 2.38 bits per heavy atom. The Balaban J connectivity index is 2.26. The van der Waals surface area contributed by atoms with Gasteiger partial charge in [0.2, 0.25) is 5.91 Å². The molecule has 0 bridgehead atoms. The number of carbonyl (C=O) groups excluding carboxylic acids is 1. The zero-order valence-electron chi connectivity index (χ0n) is 11.3. The summed E-state index contributed by atoms with van der Waals surface area (Å²) in [5.41, 5.74) is 1.17. The molecule has 3 N–H and O–H groups in total. The maximum Gasteiger partial charge on any atom is 0.326 e. The van der Waals surface area contributed by atoms with E-state index >= 15 is 0 Å². The van der Waals surface area contributed by atoms with E-state index in [9.17, 15) is 14.4 Å². The molecule has 1 amide bonds. The lowest BCUT2D eigenvalue weighted by Gasteiger charge is -2.12. The predicted molar refractivity (Wildman–Crippen MR) is 79.3 cm³/mol. The number of amides is 1. The first-order chi connectivity index (χ1) is 9.99. The van der Waals surface area contributed by atoms with Crippen LogP contribution in [0, 0.1) is 0 Å². The number of nitrogens with one attached hydrogen (secondary N) is 1. The minimum atomic E-state index is -1.38. The van der Waals surface area contributed by atoms with Gasteiger partial charge < -0.3 is 15.5 Å². The van der Waals surface area contributed by atoms with Crippen LogP contribution in [-0.4, -0.2) is 45.6 Å². The zero-order valence-corrected chi connectivity index (χ0v) is 12.1. The normalized spacial score (nSPS) is 11.6. The molecule has 21 heavy (non-hydrogen) atoms. The molecular formula is C14H17NO5S. The highest BCUT2D eigenvalue weighted by atomic mass is 32.2. The number of hydrogen-bond donors (Lipinski definition) is 3. The van der Waals surface area contributed by atoms with Crippen LogP contribution in [0.25, 0.3) is 0 Å².